The first-order valence-corrected chi connectivity index (χ1v) is 9.39. The Balaban J connectivity index is 2.13. The van der Waals surface area contributed by atoms with E-state index in [-0.39, 0.29) is 13.2 Å². The molecule has 0 radical (unpaired) electrons. The monoisotopic (exact) mass is 411 g/mol. The Hall–Kier alpha value is -2.01. The maximum Gasteiger partial charge on any atom is 0.534 e. The van der Waals surface area contributed by atoms with Gasteiger partial charge in [0, 0.05) is 6.54 Å². The molecule has 0 N–H and O–H groups in total. The van der Waals surface area contributed by atoms with E-state index in [0.29, 0.717) is 12.1 Å². The average Bonchev–Trinajstić information content (AvgIpc) is 2.52. The Bertz CT molecular complexity index is 788. The molecule has 11 heteroatoms. The normalized spacial score (nSPS) is 18.9. The number of alkyl halides is 3. The third-order valence-corrected chi connectivity index (χ3v) is 4.42. The van der Waals surface area contributed by atoms with Crippen molar-refractivity contribution in [3.8, 4) is 5.75 Å². The van der Waals surface area contributed by atoms with Gasteiger partial charge in [-0.05, 0) is 38.5 Å². The minimum atomic E-state index is -5.77. The summed E-state index contributed by atoms with van der Waals surface area (Å²) in [5, 5.41) is 0. The summed E-state index contributed by atoms with van der Waals surface area (Å²) >= 11 is 0. The summed E-state index contributed by atoms with van der Waals surface area (Å²) in [6.07, 6.45) is -1.20. The predicted molar refractivity (Wildman–Crippen MR) is 88.5 cm³/mol. The molecule has 0 aliphatic carbocycles. The number of rotatable bonds is 3. The van der Waals surface area contributed by atoms with Gasteiger partial charge in [0.15, 0.2) is 0 Å². The summed E-state index contributed by atoms with van der Waals surface area (Å²) < 4.78 is 74.6. The molecule has 1 aromatic carbocycles. The van der Waals surface area contributed by atoms with Gasteiger partial charge in [0.1, 0.15) is 17.5 Å². The van der Waals surface area contributed by atoms with Gasteiger partial charge in [-0.2, -0.15) is 21.6 Å². The first-order chi connectivity index (χ1) is 12.3. The van der Waals surface area contributed by atoms with E-state index < -0.39 is 39.2 Å². The van der Waals surface area contributed by atoms with E-state index in [1.807, 2.05) is 0 Å². The van der Waals surface area contributed by atoms with Crippen LogP contribution < -0.4 is 4.18 Å². The van der Waals surface area contributed by atoms with E-state index in [9.17, 15) is 26.4 Å². The van der Waals surface area contributed by atoms with Crippen LogP contribution in [0.25, 0.3) is 0 Å². The summed E-state index contributed by atoms with van der Waals surface area (Å²) in [5.41, 5.74) is -5.83. The Labute approximate surface area is 155 Å². The molecule has 0 saturated carbocycles. The molecule has 0 bridgehead atoms. The molecule has 0 unspecified atom stereocenters. The van der Waals surface area contributed by atoms with Crippen molar-refractivity contribution in [1.82, 2.24) is 4.90 Å². The highest BCUT2D eigenvalue weighted by Crippen LogP contribution is 2.30. The van der Waals surface area contributed by atoms with E-state index in [1.165, 1.54) is 17.0 Å². The lowest BCUT2D eigenvalue weighted by Crippen LogP contribution is -2.44. The smallest absolute Gasteiger partial charge is 0.444 e. The molecule has 1 atom stereocenters. The fourth-order valence-corrected chi connectivity index (χ4v) is 2.74. The molecule has 1 aliphatic rings. The van der Waals surface area contributed by atoms with Gasteiger partial charge in [0.25, 0.3) is 0 Å². The molecule has 0 aromatic heterocycles. The first kappa shape index (κ1) is 21.3. The lowest BCUT2D eigenvalue weighted by Gasteiger charge is -2.34. The maximum atomic E-state index is 12.5. The van der Waals surface area contributed by atoms with Gasteiger partial charge in [0.05, 0.1) is 13.2 Å². The Morgan fingerprint density at radius 2 is 1.93 bits per heavy atom. The zero-order chi connectivity index (χ0) is 20.5. The zero-order valence-electron chi connectivity index (χ0n) is 14.9. The quantitative estimate of drug-likeness (QED) is 0.561. The average molecular weight is 411 g/mol. The lowest BCUT2D eigenvalue weighted by molar-refractivity contribution is -0.0501. The van der Waals surface area contributed by atoms with Crippen LogP contribution in [0.15, 0.2) is 24.3 Å². The van der Waals surface area contributed by atoms with Gasteiger partial charge in [-0.1, -0.05) is 12.1 Å². The van der Waals surface area contributed by atoms with Gasteiger partial charge >= 0.3 is 21.7 Å². The second-order valence-electron chi connectivity index (χ2n) is 6.84. The highest BCUT2D eigenvalue weighted by atomic mass is 32.2. The van der Waals surface area contributed by atoms with Crippen LogP contribution in [-0.4, -0.2) is 50.2 Å². The molecular formula is C16H20F3NO6S. The number of hydrogen-bond donors (Lipinski definition) is 0. The number of carbonyl (C=O) groups excluding carboxylic acids is 1. The molecule has 7 nitrogen and oxygen atoms in total. The summed E-state index contributed by atoms with van der Waals surface area (Å²) in [6, 6.07) is 5.09. The zero-order valence-corrected chi connectivity index (χ0v) is 15.8. The van der Waals surface area contributed by atoms with Gasteiger partial charge in [-0.3, -0.25) is 0 Å². The summed E-state index contributed by atoms with van der Waals surface area (Å²) in [6.45, 7) is 5.77. The number of halogens is 3. The molecule has 1 aliphatic heterocycles. The van der Waals surface area contributed by atoms with Crippen LogP contribution in [0, 0.1) is 0 Å². The molecule has 2 rings (SSSR count). The van der Waals surface area contributed by atoms with Crippen LogP contribution >= 0.6 is 0 Å². The van der Waals surface area contributed by atoms with Crippen LogP contribution in [0.4, 0.5) is 18.0 Å². The van der Waals surface area contributed by atoms with Crippen molar-refractivity contribution in [2.45, 2.75) is 38.0 Å². The number of amides is 1. The predicted octanol–water partition coefficient (Wildman–Crippen LogP) is 3.22. The van der Waals surface area contributed by atoms with Gasteiger partial charge in [-0.25, -0.2) is 4.79 Å². The number of benzene rings is 1. The van der Waals surface area contributed by atoms with Crippen molar-refractivity contribution in [3.63, 3.8) is 0 Å². The van der Waals surface area contributed by atoms with Crippen molar-refractivity contribution in [2.24, 2.45) is 0 Å². The number of hydrogen-bond acceptors (Lipinski definition) is 6. The van der Waals surface area contributed by atoms with E-state index >= 15 is 0 Å². The molecule has 152 valence electrons. The van der Waals surface area contributed by atoms with Crippen LogP contribution in [0.1, 0.15) is 32.4 Å². The Kier molecular flexibility index (Phi) is 5.95. The van der Waals surface area contributed by atoms with Crippen LogP contribution in [-0.2, 0) is 19.6 Å². The van der Waals surface area contributed by atoms with Crippen LogP contribution in [0.3, 0.4) is 0 Å². The molecule has 1 saturated heterocycles. The third-order valence-electron chi connectivity index (χ3n) is 3.44. The Morgan fingerprint density at radius 3 is 2.52 bits per heavy atom. The number of ether oxygens (including phenoxy) is 2. The SMILES string of the molecule is CC(C)(C)OC(=O)N1CCO[C@H](c2cccc(OS(=O)(=O)C(F)(F)F)c2)C1. The van der Waals surface area contributed by atoms with E-state index in [0.717, 1.165) is 12.1 Å². The molecule has 1 aromatic rings. The highest BCUT2D eigenvalue weighted by molar-refractivity contribution is 7.88. The van der Waals surface area contributed by atoms with Gasteiger partial charge in [-0.15, -0.1) is 0 Å². The number of carbonyl (C=O) groups is 1. The largest absolute Gasteiger partial charge is 0.534 e. The standard InChI is InChI=1S/C16H20F3NO6S/c1-15(2,3)25-14(21)20-7-8-24-13(10-20)11-5-4-6-12(9-11)26-27(22,23)16(17,18)19/h4-6,9,13H,7-8,10H2,1-3H3/t13-/m0/s1. The summed E-state index contributed by atoms with van der Waals surface area (Å²) in [7, 11) is -5.77. The van der Waals surface area contributed by atoms with Crippen molar-refractivity contribution in [3.05, 3.63) is 29.8 Å². The maximum absolute atomic E-state index is 12.5. The van der Waals surface area contributed by atoms with Gasteiger partial charge in [0.2, 0.25) is 0 Å². The third kappa shape index (κ3) is 5.73. The molecule has 1 heterocycles. The lowest BCUT2D eigenvalue weighted by atomic mass is 10.1. The second kappa shape index (κ2) is 7.55. The molecular weight excluding hydrogens is 391 g/mol. The van der Waals surface area contributed by atoms with Gasteiger partial charge < -0.3 is 18.6 Å². The van der Waals surface area contributed by atoms with E-state index in [1.54, 1.807) is 20.8 Å². The summed E-state index contributed by atoms with van der Waals surface area (Å²) in [4.78, 5) is 13.6. The number of nitrogens with zero attached hydrogens (tertiary/aromatic N) is 1. The van der Waals surface area contributed by atoms with Crippen molar-refractivity contribution in [2.75, 3.05) is 19.7 Å². The molecule has 1 fully saturated rings. The van der Waals surface area contributed by atoms with Crippen molar-refractivity contribution < 1.29 is 40.0 Å². The van der Waals surface area contributed by atoms with Crippen molar-refractivity contribution >= 4 is 16.2 Å². The van der Waals surface area contributed by atoms with E-state index in [4.69, 9.17) is 9.47 Å². The van der Waals surface area contributed by atoms with Crippen LogP contribution in [0.5, 0.6) is 5.75 Å². The molecule has 27 heavy (non-hydrogen) atoms. The second-order valence-corrected chi connectivity index (χ2v) is 8.38. The fourth-order valence-electron chi connectivity index (χ4n) is 2.28. The molecule has 0 spiro atoms. The molecule has 1 amide bonds. The van der Waals surface area contributed by atoms with Crippen molar-refractivity contribution in [1.29, 1.82) is 0 Å². The van der Waals surface area contributed by atoms with E-state index in [2.05, 4.69) is 4.18 Å². The van der Waals surface area contributed by atoms with Crippen LogP contribution in [0.2, 0.25) is 0 Å². The number of morpholine rings is 1. The Morgan fingerprint density at radius 1 is 1.26 bits per heavy atom. The topological polar surface area (TPSA) is 82.1 Å². The minimum Gasteiger partial charge on any atom is -0.444 e. The minimum absolute atomic E-state index is 0.102. The highest BCUT2D eigenvalue weighted by Gasteiger charge is 2.48. The summed E-state index contributed by atoms with van der Waals surface area (Å²) in [5.74, 6) is -0.497. The first-order valence-electron chi connectivity index (χ1n) is 7.99. The fraction of sp³-hybridized carbons (Fsp3) is 0.562.